The van der Waals surface area contributed by atoms with Crippen LogP contribution in [-0.2, 0) is 17.1 Å². The van der Waals surface area contributed by atoms with Gasteiger partial charge in [0.05, 0.1) is 15.1 Å². The average molecular weight is 466 g/mol. The van der Waals surface area contributed by atoms with Gasteiger partial charge in [-0.25, -0.2) is 8.42 Å². The largest absolute Gasteiger partial charge is 0.319 e. The number of hydrogen-bond donors (Lipinski definition) is 1. The molecule has 3 aromatic carbocycles. The maximum absolute atomic E-state index is 12.7. The lowest BCUT2D eigenvalue weighted by atomic mass is 10.0. The molecule has 0 radical (unpaired) electrons. The number of aryl methyl sites for hydroxylation is 1. The van der Waals surface area contributed by atoms with Crippen molar-refractivity contribution in [2.45, 2.75) is 24.7 Å². The Morgan fingerprint density at radius 2 is 1.69 bits per heavy atom. The van der Waals surface area contributed by atoms with Crippen LogP contribution in [0.15, 0.2) is 82.7 Å². The zero-order valence-corrected chi connectivity index (χ0v) is 19.6. The molecular weight excluding hydrogens is 442 g/mol. The van der Waals surface area contributed by atoms with Crippen LogP contribution < -0.4 is 9.52 Å². The summed E-state index contributed by atoms with van der Waals surface area (Å²) >= 11 is 1.47. The summed E-state index contributed by atoms with van der Waals surface area (Å²) in [6, 6.07) is 20.7. The normalized spacial score (nSPS) is 12.4. The highest BCUT2D eigenvalue weighted by atomic mass is 32.2. The molecule has 0 aliphatic heterocycles. The zero-order chi connectivity index (χ0) is 22.9. The molecule has 0 atom stereocenters. The van der Waals surface area contributed by atoms with Gasteiger partial charge >= 0.3 is 0 Å². The van der Waals surface area contributed by atoms with E-state index >= 15 is 0 Å². The van der Waals surface area contributed by atoms with Gasteiger partial charge in [-0.2, -0.15) is 4.99 Å². The first-order valence-electron chi connectivity index (χ1n) is 10.1. The molecule has 0 bridgehead atoms. The summed E-state index contributed by atoms with van der Waals surface area (Å²) in [5.41, 5.74) is 3.02. The summed E-state index contributed by atoms with van der Waals surface area (Å²) < 4.78 is 30.4. The van der Waals surface area contributed by atoms with E-state index in [1.54, 1.807) is 42.5 Å². The van der Waals surface area contributed by atoms with Gasteiger partial charge in [0, 0.05) is 18.3 Å². The van der Waals surface area contributed by atoms with E-state index in [1.165, 1.54) is 29.0 Å². The van der Waals surface area contributed by atoms with Crippen LogP contribution >= 0.6 is 11.3 Å². The molecule has 0 aliphatic rings. The van der Waals surface area contributed by atoms with Crippen molar-refractivity contribution in [1.29, 1.82) is 0 Å². The molecule has 8 heteroatoms. The fourth-order valence-corrected chi connectivity index (χ4v) is 5.41. The molecule has 1 heterocycles. The van der Waals surface area contributed by atoms with Crippen molar-refractivity contribution in [3.05, 3.63) is 88.7 Å². The van der Waals surface area contributed by atoms with Crippen LogP contribution in [0.4, 0.5) is 5.69 Å². The van der Waals surface area contributed by atoms with Crippen molar-refractivity contribution in [2.24, 2.45) is 12.0 Å². The first kappa shape index (κ1) is 22.0. The van der Waals surface area contributed by atoms with Crippen molar-refractivity contribution >= 4 is 43.2 Å². The van der Waals surface area contributed by atoms with Crippen molar-refractivity contribution in [1.82, 2.24) is 4.57 Å². The van der Waals surface area contributed by atoms with Gasteiger partial charge in [0.15, 0.2) is 4.80 Å². The maximum Gasteiger partial charge on any atom is 0.279 e. The summed E-state index contributed by atoms with van der Waals surface area (Å²) in [6.45, 7) is 4.29. The van der Waals surface area contributed by atoms with Gasteiger partial charge in [-0.05, 0) is 60.0 Å². The molecule has 0 spiro atoms. The SMILES string of the molecule is CC(C)c1ccc2c(c1)sc(=NC(=O)c1ccc(NS(=O)(=O)c3ccccc3)cc1)n2C. The Kier molecular flexibility index (Phi) is 5.99. The van der Waals surface area contributed by atoms with Gasteiger partial charge in [-0.3, -0.25) is 9.52 Å². The predicted octanol–water partition coefficient (Wildman–Crippen LogP) is 4.91. The monoisotopic (exact) mass is 465 g/mol. The molecule has 164 valence electrons. The topological polar surface area (TPSA) is 80.5 Å². The summed E-state index contributed by atoms with van der Waals surface area (Å²) in [6.07, 6.45) is 0. The molecule has 4 rings (SSSR count). The third-order valence-corrected chi connectivity index (χ3v) is 7.63. The van der Waals surface area contributed by atoms with Crippen LogP contribution in [0.5, 0.6) is 0 Å². The molecular formula is C24H23N3O3S2. The molecule has 1 aromatic heterocycles. The Morgan fingerprint density at radius 1 is 1.00 bits per heavy atom. The smallest absolute Gasteiger partial charge is 0.279 e. The number of carbonyl (C=O) groups is 1. The van der Waals surface area contributed by atoms with Gasteiger partial charge in [-0.1, -0.05) is 49.4 Å². The lowest BCUT2D eigenvalue weighted by molar-refractivity contribution is 0.0998. The Labute approximate surface area is 190 Å². The quantitative estimate of drug-likeness (QED) is 0.455. The number of anilines is 1. The highest BCUT2D eigenvalue weighted by molar-refractivity contribution is 7.92. The molecule has 0 aliphatic carbocycles. The summed E-state index contributed by atoms with van der Waals surface area (Å²) in [5.74, 6) is 0.0420. The molecule has 0 fully saturated rings. The maximum atomic E-state index is 12.7. The molecule has 32 heavy (non-hydrogen) atoms. The lowest BCUT2D eigenvalue weighted by Gasteiger charge is -2.08. The highest BCUT2D eigenvalue weighted by Gasteiger charge is 2.14. The minimum atomic E-state index is -3.69. The predicted molar refractivity (Wildman–Crippen MR) is 128 cm³/mol. The minimum absolute atomic E-state index is 0.174. The van der Waals surface area contributed by atoms with Crippen molar-refractivity contribution < 1.29 is 13.2 Å². The van der Waals surface area contributed by atoms with Crippen molar-refractivity contribution in [2.75, 3.05) is 4.72 Å². The Hall–Kier alpha value is -3.23. The summed E-state index contributed by atoms with van der Waals surface area (Å²) in [7, 11) is -1.79. The molecule has 1 N–H and O–H groups in total. The Balaban J connectivity index is 1.58. The third kappa shape index (κ3) is 4.51. The van der Waals surface area contributed by atoms with Gasteiger partial charge < -0.3 is 4.57 Å². The molecule has 0 unspecified atom stereocenters. The van der Waals surface area contributed by atoms with E-state index in [9.17, 15) is 13.2 Å². The second kappa shape index (κ2) is 8.72. The number of thiazole rings is 1. The second-order valence-corrected chi connectivity index (χ2v) is 10.4. The first-order valence-corrected chi connectivity index (χ1v) is 12.4. The number of amides is 1. The van der Waals surface area contributed by atoms with Gasteiger partial charge in [0.2, 0.25) is 0 Å². The Morgan fingerprint density at radius 3 is 2.34 bits per heavy atom. The van der Waals surface area contributed by atoms with Crippen molar-refractivity contribution in [3.63, 3.8) is 0 Å². The van der Waals surface area contributed by atoms with E-state index in [4.69, 9.17) is 0 Å². The van der Waals surface area contributed by atoms with E-state index in [1.807, 2.05) is 11.6 Å². The standard InChI is InChI=1S/C24H23N3O3S2/c1-16(2)18-11-14-21-22(15-18)31-24(27(21)3)25-23(28)17-9-12-19(13-10-17)26-32(29,30)20-7-5-4-6-8-20/h4-16,26H,1-3H3. The van der Waals surface area contributed by atoms with E-state index in [2.05, 4.69) is 41.8 Å². The average Bonchev–Trinajstić information content (AvgIpc) is 3.09. The zero-order valence-electron chi connectivity index (χ0n) is 17.9. The van der Waals surface area contributed by atoms with E-state index < -0.39 is 10.0 Å². The molecule has 1 amide bonds. The van der Waals surface area contributed by atoms with Crippen LogP contribution in [0.3, 0.4) is 0 Å². The van der Waals surface area contributed by atoms with Gasteiger partial charge in [0.25, 0.3) is 15.9 Å². The fourth-order valence-electron chi connectivity index (χ4n) is 3.26. The van der Waals surface area contributed by atoms with Crippen LogP contribution in [0.2, 0.25) is 0 Å². The third-order valence-electron chi connectivity index (χ3n) is 5.13. The number of hydrogen-bond acceptors (Lipinski definition) is 4. The fraction of sp³-hybridized carbons (Fsp3) is 0.167. The minimum Gasteiger partial charge on any atom is -0.319 e. The molecule has 6 nitrogen and oxygen atoms in total. The van der Waals surface area contributed by atoms with E-state index in [-0.39, 0.29) is 10.8 Å². The first-order chi connectivity index (χ1) is 15.2. The summed E-state index contributed by atoms with van der Waals surface area (Å²) in [4.78, 5) is 17.8. The highest BCUT2D eigenvalue weighted by Crippen LogP contribution is 2.23. The molecule has 0 saturated carbocycles. The Bertz CT molecular complexity index is 1450. The number of fused-ring (bicyclic) bond motifs is 1. The van der Waals surface area contributed by atoms with Crippen LogP contribution in [0.1, 0.15) is 35.7 Å². The number of nitrogens with zero attached hydrogens (tertiary/aromatic N) is 2. The van der Waals surface area contributed by atoms with Gasteiger partial charge in [0.1, 0.15) is 0 Å². The number of nitrogens with one attached hydrogen (secondary N) is 1. The number of rotatable bonds is 5. The van der Waals surface area contributed by atoms with Crippen molar-refractivity contribution in [3.8, 4) is 0 Å². The lowest BCUT2D eigenvalue weighted by Crippen LogP contribution is -2.14. The van der Waals surface area contributed by atoms with Crippen LogP contribution in [0.25, 0.3) is 10.2 Å². The summed E-state index contributed by atoms with van der Waals surface area (Å²) in [5, 5.41) is 0. The molecule has 0 saturated heterocycles. The second-order valence-electron chi connectivity index (χ2n) is 7.74. The number of aromatic nitrogens is 1. The number of benzene rings is 3. The molecule has 4 aromatic rings. The van der Waals surface area contributed by atoms with Crippen LogP contribution in [0, 0.1) is 0 Å². The van der Waals surface area contributed by atoms with E-state index in [0.717, 1.165) is 10.2 Å². The number of carbonyl (C=O) groups excluding carboxylic acids is 1. The number of sulfonamides is 1. The van der Waals surface area contributed by atoms with Crippen LogP contribution in [-0.4, -0.2) is 18.9 Å². The van der Waals surface area contributed by atoms with E-state index in [0.29, 0.717) is 22.0 Å². The van der Waals surface area contributed by atoms with Gasteiger partial charge in [-0.15, -0.1) is 0 Å².